The third-order valence-electron chi connectivity index (χ3n) is 4.45. The Kier molecular flexibility index (Phi) is 3.44. The van der Waals surface area contributed by atoms with Crippen molar-refractivity contribution in [2.75, 3.05) is 20.1 Å². The lowest BCUT2D eigenvalue weighted by Gasteiger charge is -2.41. The zero-order valence-electron chi connectivity index (χ0n) is 11.5. The summed E-state index contributed by atoms with van der Waals surface area (Å²) in [6.45, 7) is 4.51. The lowest BCUT2D eigenvalue weighted by molar-refractivity contribution is 0.0683. The molecule has 1 aliphatic carbocycles. The average molecular weight is 248 g/mol. The Bertz CT molecular complexity index is 395. The van der Waals surface area contributed by atoms with Crippen LogP contribution in [0.25, 0.3) is 0 Å². The Balaban J connectivity index is 1.88. The first-order valence-corrected chi connectivity index (χ1v) is 7.25. The molecule has 0 amide bonds. The molecule has 3 heteroatoms. The van der Waals surface area contributed by atoms with Gasteiger partial charge in [0.25, 0.3) is 0 Å². The van der Waals surface area contributed by atoms with Crippen LogP contribution in [0.1, 0.15) is 43.0 Å². The average Bonchev–Trinajstić information content (AvgIpc) is 3.13. The van der Waals surface area contributed by atoms with Crippen molar-refractivity contribution >= 4 is 0 Å². The van der Waals surface area contributed by atoms with Gasteiger partial charge in [0.15, 0.2) is 0 Å². The molecule has 0 spiro atoms. The van der Waals surface area contributed by atoms with E-state index >= 15 is 0 Å². The van der Waals surface area contributed by atoms with Crippen molar-refractivity contribution in [1.82, 2.24) is 10.2 Å². The molecule has 0 aromatic carbocycles. The van der Waals surface area contributed by atoms with Gasteiger partial charge < -0.3 is 9.73 Å². The fourth-order valence-corrected chi connectivity index (χ4v) is 3.45. The molecule has 2 heterocycles. The van der Waals surface area contributed by atoms with E-state index in [-0.39, 0.29) is 0 Å². The van der Waals surface area contributed by atoms with E-state index in [4.69, 9.17) is 4.42 Å². The number of hydrogen-bond donors (Lipinski definition) is 1. The van der Waals surface area contributed by atoms with E-state index < -0.39 is 0 Å². The van der Waals surface area contributed by atoms with Crippen molar-refractivity contribution < 1.29 is 4.42 Å². The Labute approximate surface area is 110 Å². The fraction of sp³-hybridized carbons (Fsp3) is 0.733. The van der Waals surface area contributed by atoms with Gasteiger partial charge in [-0.15, -0.1) is 0 Å². The van der Waals surface area contributed by atoms with Crippen molar-refractivity contribution in [3.8, 4) is 0 Å². The van der Waals surface area contributed by atoms with E-state index in [1.54, 1.807) is 0 Å². The molecular weight excluding hydrogens is 224 g/mol. The van der Waals surface area contributed by atoms with Crippen LogP contribution < -0.4 is 5.32 Å². The lowest BCUT2D eigenvalue weighted by atomic mass is 9.86. The van der Waals surface area contributed by atoms with E-state index in [0.717, 1.165) is 12.6 Å². The number of furan rings is 1. The van der Waals surface area contributed by atoms with Crippen LogP contribution in [0.4, 0.5) is 0 Å². The van der Waals surface area contributed by atoms with Crippen LogP contribution in [0.3, 0.4) is 0 Å². The highest BCUT2D eigenvalue weighted by molar-refractivity contribution is 5.20. The normalized spacial score (nSPS) is 29.7. The number of nitrogens with one attached hydrogen (secondary N) is 1. The second-order valence-electron chi connectivity index (χ2n) is 5.84. The van der Waals surface area contributed by atoms with Gasteiger partial charge in [-0.25, -0.2) is 0 Å². The highest BCUT2D eigenvalue weighted by atomic mass is 16.3. The number of likely N-dealkylation sites (tertiary alicyclic amines) is 1. The summed E-state index contributed by atoms with van der Waals surface area (Å²) in [6.07, 6.45) is 7.25. The quantitative estimate of drug-likeness (QED) is 0.888. The predicted octanol–water partition coefficient (Wildman–Crippen LogP) is 2.72. The van der Waals surface area contributed by atoms with Crippen LogP contribution in [-0.4, -0.2) is 31.1 Å². The highest BCUT2D eigenvalue weighted by Gasteiger charge is 2.41. The second kappa shape index (κ2) is 5.06. The summed E-state index contributed by atoms with van der Waals surface area (Å²) < 4.78 is 5.82. The first-order valence-electron chi connectivity index (χ1n) is 7.25. The minimum Gasteiger partial charge on any atom is -0.467 e. The van der Waals surface area contributed by atoms with Crippen molar-refractivity contribution in [2.24, 2.45) is 5.92 Å². The standard InChI is InChI=1S/C15H24N2O/c1-11-7-9-18-15(11)14-12(10-16-2)4-3-8-17(14)13-5-6-13/h7,9,12-14,16H,3-6,8,10H2,1-2H3. The zero-order valence-corrected chi connectivity index (χ0v) is 11.5. The van der Waals surface area contributed by atoms with Crippen LogP contribution in [0, 0.1) is 12.8 Å². The van der Waals surface area contributed by atoms with Gasteiger partial charge in [-0.2, -0.15) is 0 Å². The monoisotopic (exact) mass is 248 g/mol. The van der Waals surface area contributed by atoms with Crippen LogP contribution in [0.2, 0.25) is 0 Å². The molecule has 1 N–H and O–H groups in total. The number of nitrogens with zero attached hydrogens (tertiary/aromatic N) is 1. The summed E-state index contributed by atoms with van der Waals surface area (Å²) in [5.74, 6) is 1.90. The number of rotatable bonds is 4. The Morgan fingerprint density at radius 2 is 2.22 bits per heavy atom. The third kappa shape index (κ3) is 2.21. The number of aryl methyl sites for hydroxylation is 1. The van der Waals surface area contributed by atoms with Gasteiger partial charge in [-0.1, -0.05) is 0 Å². The van der Waals surface area contributed by atoms with Crippen LogP contribution in [0.15, 0.2) is 16.7 Å². The van der Waals surface area contributed by atoms with E-state index in [1.807, 2.05) is 6.26 Å². The molecule has 3 nitrogen and oxygen atoms in total. The van der Waals surface area contributed by atoms with E-state index in [2.05, 4.69) is 30.3 Å². The minimum atomic E-state index is 0.494. The topological polar surface area (TPSA) is 28.4 Å². The van der Waals surface area contributed by atoms with Crippen LogP contribution >= 0.6 is 0 Å². The summed E-state index contributed by atoms with van der Waals surface area (Å²) in [5.41, 5.74) is 1.31. The Morgan fingerprint density at radius 3 is 2.83 bits per heavy atom. The summed E-state index contributed by atoms with van der Waals surface area (Å²) in [5, 5.41) is 3.36. The first-order chi connectivity index (χ1) is 8.81. The molecular formula is C15H24N2O. The molecule has 3 rings (SSSR count). The molecule has 18 heavy (non-hydrogen) atoms. The fourth-order valence-electron chi connectivity index (χ4n) is 3.45. The summed E-state index contributed by atoms with van der Waals surface area (Å²) in [7, 11) is 2.06. The van der Waals surface area contributed by atoms with Gasteiger partial charge in [0.05, 0.1) is 12.3 Å². The molecule has 2 atom stereocenters. The second-order valence-corrected chi connectivity index (χ2v) is 5.84. The maximum atomic E-state index is 5.82. The smallest absolute Gasteiger partial charge is 0.124 e. The predicted molar refractivity (Wildman–Crippen MR) is 72.6 cm³/mol. The molecule has 2 unspecified atom stereocenters. The van der Waals surface area contributed by atoms with Gasteiger partial charge in [0.2, 0.25) is 0 Å². The molecule has 1 aromatic rings. The minimum absolute atomic E-state index is 0.494. The Hall–Kier alpha value is -0.800. The molecule has 1 aliphatic heterocycles. The van der Waals surface area contributed by atoms with Gasteiger partial charge in [0, 0.05) is 6.04 Å². The van der Waals surface area contributed by atoms with E-state index in [9.17, 15) is 0 Å². The van der Waals surface area contributed by atoms with Crippen LogP contribution in [0.5, 0.6) is 0 Å². The SMILES string of the molecule is CNCC1CCCN(C2CC2)C1c1occc1C. The van der Waals surface area contributed by atoms with Gasteiger partial charge in [0.1, 0.15) is 5.76 Å². The molecule has 1 aromatic heterocycles. The van der Waals surface area contributed by atoms with Gasteiger partial charge >= 0.3 is 0 Å². The molecule has 100 valence electrons. The molecule has 1 saturated heterocycles. The number of hydrogen-bond acceptors (Lipinski definition) is 3. The summed E-state index contributed by atoms with van der Waals surface area (Å²) in [6, 6.07) is 3.42. The Morgan fingerprint density at radius 1 is 1.39 bits per heavy atom. The summed E-state index contributed by atoms with van der Waals surface area (Å²) in [4.78, 5) is 2.71. The highest BCUT2D eigenvalue weighted by Crippen LogP contribution is 2.43. The van der Waals surface area contributed by atoms with Crippen LogP contribution in [-0.2, 0) is 0 Å². The van der Waals surface area contributed by atoms with E-state index in [1.165, 1.54) is 43.6 Å². The van der Waals surface area contributed by atoms with Gasteiger partial charge in [-0.3, -0.25) is 4.90 Å². The largest absolute Gasteiger partial charge is 0.467 e. The summed E-state index contributed by atoms with van der Waals surface area (Å²) >= 11 is 0. The molecule has 0 bridgehead atoms. The maximum Gasteiger partial charge on any atom is 0.124 e. The van der Waals surface area contributed by atoms with Crippen molar-refractivity contribution in [3.63, 3.8) is 0 Å². The van der Waals surface area contributed by atoms with Crippen molar-refractivity contribution in [3.05, 3.63) is 23.7 Å². The molecule has 2 aliphatic rings. The molecule has 1 saturated carbocycles. The van der Waals surface area contributed by atoms with Crippen molar-refractivity contribution in [2.45, 2.75) is 44.7 Å². The number of piperidine rings is 1. The van der Waals surface area contributed by atoms with Crippen molar-refractivity contribution in [1.29, 1.82) is 0 Å². The molecule has 0 radical (unpaired) electrons. The third-order valence-corrected chi connectivity index (χ3v) is 4.45. The first kappa shape index (κ1) is 12.2. The molecule has 2 fully saturated rings. The van der Waals surface area contributed by atoms with Gasteiger partial charge in [-0.05, 0) is 70.3 Å². The lowest BCUT2D eigenvalue weighted by Crippen LogP contribution is -2.43. The zero-order chi connectivity index (χ0) is 12.5. The van der Waals surface area contributed by atoms with E-state index in [0.29, 0.717) is 12.0 Å². The maximum absolute atomic E-state index is 5.82.